The number of nitrogen functional groups attached to an aromatic ring is 1. The van der Waals surface area contributed by atoms with E-state index in [9.17, 15) is 4.79 Å². The first kappa shape index (κ1) is 17.8. The van der Waals surface area contributed by atoms with Crippen LogP contribution in [0.3, 0.4) is 0 Å². The number of Topliss-reactive ketones (excluding diaryl/α,β-unsaturated/α-hetero) is 1. The molecule has 0 saturated heterocycles. The molecule has 1 aromatic heterocycles. The van der Waals surface area contributed by atoms with Crippen molar-refractivity contribution in [3.05, 3.63) is 4.88 Å². The zero-order chi connectivity index (χ0) is 15.8. The van der Waals surface area contributed by atoms with E-state index in [1.165, 1.54) is 11.3 Å². The van der Waals surface area contributed by atoms with Crippen LogP contribution in [0.2, 0.25) is 0 Å². The molecule has 5 nitrogen and oxygen atoms in total. The topological polar surface area (TPSA) is 73.6 Å². The van der Waals surface area contributed by atoms with E-state index >= 15 is 0 Å². The van der Waals surface area contributed by atoms with Crippen LogP contribution in [0, 0.1) is 0 Å². The zero-order valence-electron chi connectivity index (χ0n) is 13.3. The fraction of sp³-hybridized carbons (Fsp3) is 0.667. The Morgan fingerprint density at radius 3 is 2.67 bits per heavy atom. The highest BCUT2D eigenvalue weighted by molar-refractivity contribution is 7.19. The standard InChI is InChI=1S/C15H26N2O3S/c1-5-11(18)14-12(16)13(19-4)15(21-14)17-8-6-7-9-20-10(2)3/h10,17H,5-9,16H2,1-4H3. The molecular formula is C15H26N2O3S. The van der Waals surface area contributed by atoms with Crippen molar-refractivity contribution in [2.75, 3.05) is 31.3 Å². The van der Waals surface area contributed by atoms with Gasteiger partial charge in [-0.15, -0.1) is 11.3 Å². The highest BCUT2D eigenvalue weighted by Gasteiger charge is 2.20. The minimum atomic E-state index is 0.0502. The third-order valence-electron chi connectivity index (χ3n) is 2.99. The van der Waals surface area contributed by atoms with Crippen LogP contribution in [0.4, 0.5) is 10.7 Å². The predicted octanol–water partition coefficient (Wildman–Crippen LogP) is 3.55. The van der Waals surface area contributed by atoms with E-state index in [-0.39, 0.29) is 11.9 Å². The molecule has 1 heterocycles. The van der Waals surface area contributed by atoms with Gasteiger partial charge in [0.05, 0.1) is 23.8 Å². The molecule has 0 radical (unpaired) electrons. The lowest BCUT2D eigenvalue weighted by Crippen LogP contribution is -2.07. The lowest BCUT2D eigenvalue weighted by Gasteiger charge is -2.08. The number of hydrogen-bond acceptors (Lipinski definition) is 6. The highest BCUT2D eigenvalue weighted by Crippen LogP contribution is 2.42. The van der Waals surface area contributed by atoms with E-state index in [1.807, 2.05) is 20.8 Å². The normalized spacial score (nSPS) is 10.9. The summed E-state index contributed by atoms with van der Waals surface area (Å²) in [4.78, 5) is 12.4. The van der Waals surface area contributed by atoms with Crippen molar-refractivity contribution in [1.29, 1.82) is 0 Å². The zero-order valence-corrected chi connectivity index (χ0v) is 14.1. The Kier molecular flexibility index (Phi) is 7.53. The Balaban J connectivity index is 2.53. The van der Waals surface area contributed by atoms with Gasteiger partial charge in [-0.3, -0.25) is 4.79 Å². The molecule has 0 fully saturated rings. The van der Waals surface area contributed by atoms with Crippen LogP contribution in [0.15, 0.2) is 0 Å². The molecule has 0 atom stereocenters. The van der Waals surface area contributed by atoms with Gasteiger partial charge in [-0.25, -0.2) is 0 Å². The maximum absolute atomic E-state index is 11.8. The number of methoxy groups -OCH3 is 1. The Labute approximate surface area is 130 Å². The molecule has 0 saturated carbocycles. The van der Waals surface area contributed by atoms with E-state index in [4.69, 9.17) is 15.2 Å². The van der Waals surface area contributed by atoms with Gasteiger partial charge in [0.25, 0.3) is 0 Å². The SMILES string of the molecule is CCC(=O)c1sc(NCCCCOC(C)C)c(OC)c1N. The highest BCUT2D eigenvalue weighted by atomic mass is 32.1. The van der Waals surface area contributed by atoms with Crippen LogP contribution >= 0.6 is 11.3 Å². The lowest BCUT2D eigenvalue weighted by atomic mass is 10.2. The summed E-state index contributed by atoms with van der Waals surface area (Å²) in [5.41, 5.74) is 6.43. The number of thiophene rings is 1. The van der Waals surface area contributed by atoms with E-state index in [1.54, 1.807) is 7.11 Å². The minimum absolute atomic E-state index is 0.0502. The Morgan fingerprint density at radius 2 is 2.10 bits per heavy atom. The Morgan fingerprint density at radius 1 is 1.38 bits per heavy atom. The van der Waals surface area contributed by atoms with Gasteiger partial charge in [0.2, 0.25) is 0 Å². The number of nitrogens with one attached hydrogen (secondary N) is 1. The summed E-state index contributed by atoms with van der Waals surface area (Å²) in [6.45, 7) is 7.46. The molecule has 0 aromatic carbocycles. The second kappa shape index (κ2) is 8.89. The van der Waals surface area contributed by atoms with Gasteiger partial charge in [0.15, 0.2) is 11.5 Å². The van der Waals surface area contributed by atoms with E-state index in [0.717, 1.165) is 31.0 Å². The number of anilines is 2. The number of ether oxygens (including phenoxy) is 2. The van der Waals surface area contributed by atoms with Gasteiger partial charge in [-0.1, -0.05) is 6.92 Å². The number of ketones is 1. The number of nitrogens with two attached hydrogens (primary N) is 1. The molecule has 1 aromatic rings. The summed E-state index contributed by atoms with van der Waals surface area (Å²) in [6, 6.07) is 0. The number of carbonyl (C=O) groups is 1. The van der Waals surface area contributed by atoms with Crippen molar-refractivity contribution in [2.45, 2.75) is 46.1 Å². The third-order valence-corrected chi connectivity index (χ3v) is 4.17. The molecule has 6 heteroatoms. The van der Waals surface area contributed by atoms with Gasteiger partial charge in [-0.2, -0.15) is 0 Å². The largest absolute Gasteiger partial charge is 0.492 e. The molecule has 0 aliphatic carbocycles. The summed E-state index contributed by atoms with van der Waals surface area (Å²) in [5.74, 6) is 0.629. The molecule has 21 heavy (non-hydrogen) atoms. The van der Waals surface area contributed by atoms with Gasteiger partial charge in [-0.05, 0) is 26.7 Å². The van der Waals surface area contributed by atoms with Crippen LogP contribution in [-0.4, -0.2) is 32.1 Å². The van der Waals surface area contributed by atoms with Crippen LogP contribution in [0.5, 0.6) is 5.75 Å². The van der Waals surface area contributed by atoms with Crippen molar-refractivity contribution in [2.24, 2.45) is 0 Å². The van der Waals surface area contributed by atoms with Crippen molar-refractivity contribution in [1.82, 2.24) is 0 Å². The number of carbonyl (C=O) groups excluding carboxylic acids is 1. The molecule has 0 bridgehead atoms. The van der Waals surface area contributed by atoms with Crippen LogP contribution in [0.1, 0.15) is 49.7 Å². The smallest absolute Gasteiger partial charge is 0.176 e. The quantitative estimate of drug-likeness (QED) is 0.510. The monoisotopic (exact) mass is 314 g/mol. The lowest BCUT2D eigenvalue weighted by molar-refractivity contribution is 0.0765. The average molecular weight is 314 g/mol. The molecule has 120 valence electrons. The van der Waals surface area contributed by atoms with Crippen molar-refractivity contribution in [3.8, 4) is 5.75 Å². The Bertz CT molecular complexity index is 458. The summed E-state index contributed by atoms with van der Waals surface area (Å²) in [6.07, 6.45) is 2.71. The predicted molar refractivity (Wildman–Crippen MR) is 88.7 cm³/mol. The van der Waals surface area contributed by atoms with Gasteiger partial charge in [0, 0.05) is 19.6 Å². The van der Waals surface area contributed by atoms with E-state index in [2.05, 4.69) is 5.32 Å². The van der Waals surface area contributed by atoms with Crippen molar-refractivity contribution < 1.29 is 14.3 Å². The molecule has 0 aliphatic heterocycles. The second-order valence-corrected chi connectivity index (χ2v) is 6.06. The average Bonchev–Trinajstić information content (AvgIpc) is 2.77. The molecule has 1 rings (SSSR count). The first-order chi connectivity index (χ1) is 10.0. The van der Waals surface area contributed by atoms with Gasteiger partial charge < -0.3 is 20.5 Å². The first-order valence-corrected chi connectivity index (χ1v) is 8.17. The molecule has 3 N–H and O–H groups in total. The van der Waals surface area contributed by atoms with Crippen LogP contribution < -0.4 is 15.8 Å². The fourth-order valence-corrected chi connectivity index (χ4v) is 2.99. The molecule has 0 aliphatic rings. The van der Waals surface area contributed by atoms with Crippen LogP contribution in [-0.2, 0) is 4.74 Å². The number of rotatable bonds is 10. The molecule has 0 spiro atoms. The second-order valence-electron chi connectivity index (χ2n) is 5.04. The maximum atomic E-state index is 11.8. The molecular weight excluding hydrogens is 288 g/mol. The third kappa shape index (κ3) is 5.21. The minimum Gasteiger partial charge on any atom is -0.492 e. The van der Waals surface area contributed by atoms with E-state index < -0.39 is 0 Å². The molecule has 0 unspecified atom stereocenters. The van der Waals surface area contributed by atoms with Crippen LogP contribution in [0.25, 0.3) is 0 Å². The van der Waals surface area contributed by atoms with Gasteiger partial charge in [0.1, 0.15) is 5.00 Å². The van der Waals surface area contributed by atoms with Crippen molar-refractivity contribution in [3.63, 3.8) is 0 Å². The van der Waals surface area contributed by atoms with E-state index in [0.29, 0.717) is 22.7 Å². The summed E-state index contributed by atoms with van der Waals surface area (Å²) >= 11 is 1.37. The summed E-state index contributed by atoms with van der Waals surface area (Å²) in [5, 5.41) is 4.13. The Hall–Kier alpha value is -1.27. The number of unbranched alkanes of at least 4 members (excludes halogenated alkanes) is 1. The summed E-state index contributed by atoms with van der Waals surface area (Å²) < 4.78 is 10.8. The number of hydrogen-bond donors (Lipinski definition) is 2. The molecule has 0 amide bonds. The maximum Gasteiger partial charge on any atom is 0.176 e. The fourth-order valence-electron chi connectivity index (χ4n) is 1.86. The summed E-state index contributed by atoms with van der Waals surface area (Å²) in [7, 11) is 1.57. The van der Waals surface area contributed by atoms with Gasteiger partial charge >= 0.3 is 0 Å². The first-order valence-electron chi connectivity index (χ1n) is 7.36. The van der Waals surface area contributed by atoms with Crippen molar-refractivity contribution >= 4 is 27.8 Å².